The first-order valence-electron chi connectivity index (χ1n) is 6.45. The van der Waals surface area contributed by atoms with Crippen LogP contribution in [0.1, 0.15) is 11.1 Å². The highest BCUT2D eigenvalue weighted by molar-refractivity contribution is 5.93. The van der Waals surface area contributed by atoms with Gasteiger partial charge in [0.1, 0.15) is 5.75 Å². The van der Waals surface area contributed by atoms with Crippen molar-refractivity contribution in [3.63, 3.8) is 0 Å². The smallest absolute Gasteiger partial charge is 0.228 e. The van der Waals surface area contributed by atoms with Crippen LogP contribution in [0, 0.1) is 6.92 Å². The van der Waals surface area contributed by atoms with Crippen LogP contribution in [0.5, 0.6) is 17.2 Å². The number of phenolic OH excluding ortho intramolecular Hbond substituents is 2. The minimum atomic E-state index is -0.242. The number of anilines is 1. The molecule has 0 aliphatic carbocycles. The quantitative estimate of drug-likeness (QED) is 0.755. The van der Waals surface area contributed by atoms with Crippen molar-refractivity contribution >= 4 is 11.6 Å². The Kier molecular flexibility index (Phi) is 4.33. The maximum atomic E-state index is 12.0. The number of rotatable bonds is 4. The molecule has 5 nitrogen and oxygen atoms in total. The third-order valence-electron chi connectivity index (χ3n) is 3.03. The molecule has 0 aromatic heterocycles. The van der Waals surface area contributed by atoms with Crippen molar-refractivity contribution in [2.45, 2.75) is 13.3 Å². The van der Waals surface area contributed by atoms with Gasteiger partial charge in [0.05, 0.1) is 19.2 Å². The number of nitrogens with one attached hydrogen (secondary N) is 1. The topological polar surface area (TPSA) is 78.8 Å². The molecule has 0 radical (unpaired) electrons. The number of benzene rings is 2. The average Bonchev–Trinajstić information content (AvgIpc) is 2.43. The number of aryl methyl sites for hydroxylation is 1. The Labute approximate surface area is 122 Å². The van der Waals surface area contributed by atoms with Gasteiger partial charge < -0.3 is 20.3 Å². The van der Waals surface area contributed by atoms with E-state index in [4.69, 9.17) is 4.74 Å². The molecule has 0 heterocycles. The van der Waals surface area contributed by atoms with E-state index in [1.807, 2.05) is 19.1 Å². The van der Waals surface area contributed by atoms with Crippen LogP contribution in [0.25, 0.3) is 0 Å². The number of methoxy groups -OCH3 is 1. The van der Waals surface area contributed by atoms with Crippen molar-refractivity contribution in [1.29, 1.82) is 0 Å². The third kappa shape index (κ3) is 3.66. The Balaban J connectivity index is 2.11. The second-order valence-electron chi connectivity index (χ2n) is 4.75. The van der Waals surface area contributed by atoms with Gasteiger partial charge in [0.15, 0.2) is 11.5 Å². The van der Waals surface area contributed by atoms with Crippen LogP contribution in [-0.4, -0.2) is 23.2 Å². The minimum Gasteiger partial charge on any atom is -0.504 e. The molecular formula is C16H17NO4. The molecule has 0 fully saturated rings. The van der Waals surface area contributed by atoms with E-state index in [0.29, 0.717) is 17.0 Å². The van der Waals surface area contributed by atoms with Crippen LogP contribution in [-0.2, 0) is 11.2 Å². The first-order valence-corrected chi connectivity index (χ1v) is 6.45. The van der Waals surface area contributed by atoms with E-state index in [9.17, 15) is 15.0 Å². The van der Waals surface area contributed by atoms with Crippen molar-refractivity contribution < 1.29 is 19.7 Å². The van der Waals surface area contributed by atoms with Crippen molar-refractivity contribution in [2.75, 3.05) is 12.4 Å². The normalized spacial score (nSPS) is 10.2. The fourth-order valence-corrected chi connectivity index (χ4v) is 1.98. The lowest BCUT2D eigenvalue weighted by Crippen LogP contribution is -2.15. The lowest BCUT2D eigenvalue weighted by Gasteiger charge is -2.11. The van der Waals surface area contributed by atoms with Gasteiger partial charge in [-0.1, -0.05) is 12.1 Å². The van der Waals surface area contributed by atoms with Gasteiger partial charge in [0, 0.05) is 0 Å². The Morgan fingerprint density at radius 1 is 1.14 bits per heavy atom. The second-order valence-corrected chi connectivity index (χ2v) is 4.75. The monoisotopic (exact) mass is 287 g/mol. The molecule has 0 spiro atoms. The molecule has 2 aromatic carbocycles. The van der Waals surface area contributed by atoms with Crippen molar-refractivity contribution in [3.05, 3.63) is 47.5 Å². The standard InChI is InChI=1S/C16H17NO4/c1-10-3-6-15(21-2)12(7-10)17-16(20)9-11-4-5-13(18)14(19)8-11/h3-8,18-19H,9H2,1-2H3,(H,17,20). The third-order valence-corrected chi connectivity index (χ3v) is 3.03. The summed E-state index contributed by atoms with van der Waals surface area (Å²) in [5.74, 6) is -0.0977. The van der Waals surface area contributed by atoms with Gasteiger partial charge in [-0.2, -0.15) is 0 Å². The molecule has 110 valence electrons. The molecule has 2 rings (SSSR count). The van der Waals surface area contributed by atoms with Crippen LogP contribution in [0.2, 0.25) is 0 Å². The summed E-state index contributed by atoms with van der Waals surface area (Å²) in [4.78, 5) is 12.0. The lowest BCUT2D eigenvalue weighted by molar-refractivity contribution is -0.115. The van der Waals surface area contributed by atoms with E-state index >= 15 is 0 Å². The summed E-state index contributed by atoms with van der Waals surface area (Å²) < 4.78 is 5.20. The second kappa shape index (κ2) is 6.17. The Morgan fingerprint density at radius 2 is 1.90 bits per heavy atom. The van der Waals surface area contributed by atoms with Crippen LogP contribution >= 0.6 is 0 Å². The molecule has 0 bridgehead atoms. The SMILES string of the molecule is COc1ccc(C)cc1NC(=O)Cc1ccc(O)c(O)c1. The Morgan fingerprint density at radius 3 is 2.57 bits per heavy atom. The van der Waals surface area contributed by atoms with Gasteiger partial charge in [-0.25, -0.2) is 0 Å². The van der Waals surface area contributed by atoms with Crippen LogP contribution in [0.4, 0.5) is 5.69 Å². The van der Waals surface area contributed by atoms with E-state index in [1.165, 1.54) is 12.1 Å². The van der Waals surface area contributed by atoms with Crippen LogP contribution < -0.4 is 10.1 Å². The number of amides is 1. The number of phenols is 2. The van der Waals surface area contributed by atoms with E-state index < -0.39 is 0 Å². The zero-order valence-corrected chi connectivity index (χ0v) is 11.9. The zero-order valence-electron chi connectivity index (χ0n) is 11.9. The van der Waals surface area contributed by atoms with E-state index in [0.717, 1.165) is 5.56 Å². The predicted octanol–water partition coefficient (Wildman–Crippen LogP) is 2.60. The number of ether oxygens (including phenoxy) is 1. The van der Waals surface area contributed by atoms with E-state index in [2.05, 4.69) is 5.32 Å². The molecule has 0 aliphatic rings. The number of hydrogen-bond donors (Lipinski definition) is 3. The number of aromatic hydroxyl groups is 2. The fourth-order valence-electron chi connectivity index (χ4n) is 1.98. The molecule has 0 saturated carbocycles. The van der Waals surface area contributed by atoms with Crippen molar-refractivity contribution in [1.82, 2.24) is 0 Å². The summed E-state index contributed by atoms with van der Waals surface area (Å²) in [6, 6.07) is 9.81. The van der Waals surface area contributed by atoms with Gasteiger partial charge >= 0.3 is 0 Å². The maximum absolute atomic E-state index is 12.0. The highest BCUT2D eigenvalue weighted by Gasteiger charge is 2.10. The molecule has 5 heteroatoms. The van der Waals surface area contributed by atoms with Gasteiger partial charge in [-0.3, -0.25) is 4.79 Å². The Bertz CT molecular complexity index is 667. The molecule has 1 amide bonds. The summed E-state index contributed by atoms with van der Waals surface area (Å²) >= 11 is 0. The first kappa shape index (κ1) is 14.7. The van der Waals surface area contributed by atoms with E-state index in [1.54, 1.807) is 19.2 Å². The largest absolute Gasteiger partial charge is 0.504 e. The summed E-state index contributed by atoms with van der Waals surface area (Å²) in [5.41, 5.74) is 2.22. The molecule has 2 aromatic rings. The van der Waals surface area contributed by atoms with Crippen molar-refractivity contribution in [2.24, 2.45) is 0 Å². The summed E-state index contributed by atoms with van der Waals surface area (Å²) in [5, 5.41) is 21.4. The molecule has 3 N–H and O–H groups in total. The summed E-state index contributed by atoms with van der Waals surface area (Å²) in [7, 11) is 1.54. The highest BCUT2D eigenvalue weighted by Crippen LogP contribution is 2.27. The van der Waals surface area contributed by atoms with Crippen molar-refractivity contribution in [3.8, 4) is 17.2 Å². The summed E-state index contributed by atoms with van der Waals surface area (Å²) in [6.45, 7) is 1.92. The molecule has 0 saturated heterocycles. The lowest BCUT2D eigenvalue weighted by atomic mass is 10.1. The number of carbonyl (C=O) groups is 1. The van der Waals surface area contributed by atoms with E-state index in [-0.39, 0.29) is 23.8 Å². The van der Waals surface area contributed by atoms with Gasteiger partial charge in [-0.05, 0) is 42.3 Å². The van der Waals surface area contributed by atoms with Crippen LogP contribution in [0.3, 0.4) is 0 Å². The minimum absolute atomic E-state index is 0.0882. The Hall–Kier alpha value is -2.69. The first-order chi connectivity index (χ1) is 9.99. The molecule has 0 aliphatic heterocycles. The molecular weight excluding hydrogens is 270 g/mol. The van der Waals surface area contributed by atoms with Gasteiger partial charge in [0.2, 0.25) is 5.91 Å². The number of carbonyl (C=O) groups excluding carboxylic acids is 1. The fraction of sp³-hybridized carbons (Fsp3) is 0.188. The zero-order chi connectivity index (χ0) is 15.4. The van der Waals surface area contributed by atoms with Gasteiger partial charge in [0.25, 0.3) is 0 Å². The van der Waals surface area contributed by atoms with Gasteiger partial charge in [-0.15, -0.1) is 0 Å². The van der Waals surface area contributed by atoms with Crippen LogP contribution in [0.15, 0.2) is 36.4 Å². The molecule has 0 unspecified atom stereocenters. The molecule has 21 heavy (non-hydrogen) atoms. The predicted molar refractivity (Wildman–Crippen MR) is 79.8 cm³/mol. The maximum Gasteiger partial charge on any atom is 0.228 e. The average molecular weight is 287 g/mol. The highest BCUT2D eigenvalue weighted by atomic mass is 16.5. The number of hydrogen-bond acceptors (Lipinski definition) is 4. The molecule has 0 atom stereocenters. The summed E-state index contributed by atoms with van der Waals surface area (Å²) in [6.07, 6.45) is 0.0882.